The summed E-state index contributed by atoms with van der Waals surface area (Å²) < 4.78 is 0. The van der Waals surface area contributed by atoms with Gasteiger partial charge in [-0.2, -0.15) is 0 Å². The van der Waals surface area contributed by atoms with Crippen LogP contribution in [0, 0.1) is 0 Å². The summed E-state index contributed by atoms with van der Waals surface area (Å²) in [5, 5.41) is 77.9. The fourth-order valence-electron chi connectivity index (χ4n) is 1.37. The van der Waals surface area contributed by atoms with Gasteiger partial charge in [-0.25, -0.2) is 0 Å². The molecule has 0 aliphatic heterocycles. The molecule has 0 heterocycles. The molecule has 0 rings (SSSR count). The molecule has 0 aliphatic carbocycles. The molecule has 0 aromatic carbocycles. The highest BCUT2D eigenvalue weighted by atomic mass is 24.3. The normalized spacial score (nSPS) is 9.72. The Morgan fingerprint density at radius 1 is 0.483 bits per heavy atom. The zero-order valence-corrected chi connectivity index (χ0v) is 19.0. The first-order chi connectivity index (χ1) is 11.6. The zero-order chi connectivity index (χ0) is 21.3. The number of carboxylic acids is 6. The summed E-state index contributed by atoms with van der Waals surface area (Å²) in [6, 6.07) is 0. The highest BCUT2D eigenvalue weighted by Crippen LogP contribution is 2.13. The molecule has 2 N–H and O–H groups in total. The van der Waals surface area contributed by atoms with E-state index in [1.165, 1.54) is 0 Å². The summed E-state index contributed by atoms with van der Waals surface area (Å²) in [6.45, 7) is 0. The number of hydrogen-bond donors (Lipinski definition) is 2. The number of aliphatic hydroxyl groups is 2. The van der Waals surface area contributed by atoms with Crippen LogP contribution in [0.1, 0.15) is 25.7 Å². The van der Waals surface area contributed by atoms with Gasteiger partial charge in [0.2, 0.25) is 0 Å². The molecular weight excluding hydrogens is 441 g/mol. The summed E-state index contributed by atoms with van der Waals surface area (Å²) in [5.74, 6) is -12.0. The molecule has 0 fully saturated rings. The van der Waals surface area contributed by atoms with Crippen molar-refractivity contribution in [2.45, 2.75) is 36.9 Å². The summed E-state index contributed by atoms with van der Waals surface area (Å²) in [6.07, 6.45) is -5.43. The van der Waals surface area contributed by atoms with E-state index in [1.54, 1.807) is 0 Å². The Morgan fingerprint density at radius 3 is 0.690 bits per heavy atom. The minimum absolute atomic E-state index is 0. The molecule has 0 aliphatic rings. The third-order valence-corrected chi connectivity index (χ3v) is 2.51. The van der Waals surface area contributed by atoms with Crippen LogP contribution in [-0.4, -0.2) is 126 Å². The summed E-state index contributed by atoms with van der Waals surface area (Å²) in [4.78, 5) is 60.0. The Kier molecular flexibility index (Phi) is 22.4. The van der Waals surface area contributed by atoms with Gasteiger partial charge in [0.15, 0.2) is 0 Å². The third kappa shape index (κ3) is 17.6. The molecule has 0 bridgehead atoms. The van der Waals surface area contributed by atoms with Crippen LogP contribution in [0.5, 0.6) is 0 Å². The van der Waals surface area contributed by atoms with Gasteiger partial charge in [0, 0.05) is 119 Å². The van der Waals surface area contributed by atoms with Gasteiger partial charge >= 0.3 is 0 Å². The molecular formula is C12H10Mg3O14-6. The van der Waals surface area contributed by atoms with Crippen molar-refractivity contribution in [2.24, 2.45) is 0 Å². The Balaban J connectivity index is -0.000000120. The van der Waals surface area contributed by atoms with Crippen molar-refractivity contribution in [1.29, 1.82) is 0 Å². The van der Waals surface area contributed by atoms with E-state index in [1.807, 2.05) is 0 Å². The molecule has 0 saturated heterocycles. The second kappa shape index (κ2) is 16.8. The van der Waals surface area contributed by atoms with Gasteiger partial charge in [0.1, 0.15) is 11.2 Å². The van der Waals surface area contributed by atoms with E-state index in [0.29, 0.717) is 0 Å². The van der Waals surface area contributed by atoms with Crippen molar-refractivity contribution in [3.8, 4) is 0 Å². The summed E-state index contributed by atoms with van der Waals surface area (Å²) >= 11 is 0. The van der Waals surface area contributed by atoms with Crippen molar-refractivity contribution in [1.82, 2.24) is 0 Å². The van der Waals surface area contributed by atoms with Crippen LogP contribution in [0.15, 0.2) is 0 Å². The largest absolute Gasteiger partial charge is 0.550 e. The lowest BCUT2D eigenvalue weighted by Gasteiger charge is -2.29. The van der Waals surface area contributed by atoms with E-state index in [9.17, 15) is 59.4 Å². The maximum atomic E-state index is 10.1. The average molecular weight is 451 g/mol. The first-order valence-corrected chi connectivity index (χ1v) is 6.23. The number of hydrogen-bond acceptors (Lipinski definition) is 14. The topological polar surface area (TPSA) is 281 Å². The minimum atomic E-state index is -2.97. The molecule has 0 saturated carbocycles. The monoisotopic (exact) mass is 450 g/mol. The van der Waals surface area contributed by atoms with Gasteiger partial charge in [-0.15, -0.1) is 0 Å². The SMILES string of the molecule is O=C([O-])CC(O)(CC(=O)[O-])C(=O)[O-].O=C([O-])CC(O)(CC(=O)[O-])C(=O)[O-].[Mg].[Mg].[Mg]. The second-order valence-electron chi connectivity index (χ2n) is 4.83. The van der Waals surface area contributed by atoms with Crippen LogP contribution < -0.4 is 30.6 Å². The molecule has 0 unspecified atom stereocenters. The maximum Gasteiger partial charge on any atom is 0.114 e. The number of rotatable bonds is 10. The molecule has 0 atom stereocenters. The highest BCUT2D eigenvalue weighted by Gasteiger charge is 2.29. The number of carbonyl (C=O) groups is 6. The quantitative estimate of drug-likeness (QED) is 0.292. The Morgan fingerprint density at radius 2 is 0.621 bits per heavy atom. The van der Waals surface area contributed by atoms with E-state index >= 15 is 0 Å². The standard InChI is InChI=1S/2C6H8O7.3Mg/c2*7-3(8)1-6(13,5(11)12)2-4(9)10;;;/h2*13H,1-2H2,(H,7,8)(H,9,10)(H,11,12);;;/p-6. The van der Waals surface area contributed by atoms with Crippen molar-refractivity contribution in [3.05, 3.63) is 0 Å². The number of aliphatic carboxylic acids is 6. The molecule has 0 amide bonds. The van der Waals surface area contributed by atoms with Crippen LogP contribution in [-0.2, 0) is 28.8 Å². The lowest BCUT2D eigenvalue weighted by Crippen LogP contribution is -2.54. The van der Waals surface area contributed by atoms with Gasteiger partial charge in [0.25, 0.3) is 0 Å². The van der Waals surface area contributed by atoms with Crippen molar-refractivity contribution in [2.75, 3.05) is 0 Å². The predicted octanol–water partition coefficient (Wildman–Crippen LogP) is -11.6. The van der Waals surface area contributed by atoms with E-state index in [0.717, 1.165) is 0 Å². The fraction of sp³-hybridized carbons (Fsp3) is 0.500. The first kappa shape index (κ1) is 38.6. The van der Waals surface area contributed by atoms with Crippen LogP contribution in [0.25, 0.3) is 0 Å². The van der Waals surface area contributed by atoms with E-state index < -0.39 is 72.7 Å². The summed E-state index contributed by atoms with van der Waals surface area (Å²) in [7, 11) is 0. The third-order valence-electron chi connectivity index (χ3n) is 2.51. The fourth-order valence-corrected chi connectivity index (χ4v) is 1.37. The van der Waals surface area contributed by atoms with Gasteiger partial charge < -0.3 is 69.6 Å². The molecule has 6 radical (unpaired) electrons. The second-order valence-corrected chi connectivity index (χ2v) is 4.83. The Labute approximate surface area is 210 Å². The molecule has 14 nitrogen and oxygen atoms in total. The van der Waals surface area contributed by atoms with Crippen molar-refractivity contribution in [3.63, 3.8) is 0 Å². The van der Waals surface area contributed by atoms with Crippen LogP contribution in [0.4, 0.5) is 0 Å². The molecule has 154 valence electrons. The highest BCUT2D eigenvalue weighted by molar-refractivity contribution is 5.86. The molecule has 0 spiro atoms. The van der Waals surface area contributed by atoms with Crippen LogP contribution in [0.3, 0.4) is 0 Å². The predicted molar refractivity (Wildman–Crippen MR) is 75.7 cm³/mol. The van der Waals surface area contributed by atoms with Crippen LogP contribution in [0.2, 0.25) is 0 Å². The van der Waals surface area contributed by atoms with Gasteiger partial charge in [-0.05, 0) is 0 Å². The smallest absolute Gasteiger partial charge is 0.114 e. The zero-order valence-electron chi connectivity index (χ0n) is 14.7. The lowest BCUT2D eigenvalue weighted by atomic mass is 9.96. The molecule has 29 heavy (non-hydrogen) atoms. The molecule has 17 heteroatoms. The van der Waals surface area contributed by atoms with E-state index in [2.05, 4.69) is 0 Å². The molecule has 0 aromatic heterocycles. The lowest BCUT2D eigenvalue weighted by molar-refractivity contribution is -0.340. The van der Waals surface area contributed by atoms with Crippen molar-refractivity contribution >= 4 is 105 Å². The van der Waals surface area contributed by atoms with Crippen LogP contribution >= 0.6 is 0 Å². The van der Waals surface area contributed by atoms with Gasteiger partial charge in [0.05, 0.1) is 11.9 Å². The average Bonchev–Trinajstić information content (AvgIpc) is 2.34. The van der Waals surface area contributed by atoms with Gasteiger partial charge in [-0.3, -0.25) is 0 Å². The Bertz CT molecular complexity index is 521. The minimum Gasteiger partial charge on any atom is -0.550 e. The number of carboxylic acid groups (broad SMARTS) is 6. The van der Waals surface area contributed by atoms with E-state index in [4.69, 9.17) is 10.2 Å². The maximum absolute atomic E-state index is 10.1. The Hall–Kier alpha value is -0.961. The summed E-state index contributed by atoms with van der Waals surface area (Å²) in [5.41, 5.74) is -5.95. The van der Waals surface area contributed by atoms with Gasteiger partial charge in [-0.1, -0.05) is 0 Å². The van der Waals surface area contributed by atoms with E-state index in [-0.39, 0.29) is 69.2 Å². The number of carbonyl (C=O) groups excluding carboxylic acids is 6. The van der Waals surface area contributed by atoms with Crippen molar-refractivity contribution < 1.29 is 69.6 Å². The molecule has 0 aromatic rings. The first-order valence-electron chi connectivity index (χ1n) is 6.23.